The molecule has 2 aromatic rings. The van der Waals surface area contributed by atoms with Crippen molar-refractivity contribution in [2.24, 2.45) is 5.92 Å². The normalized spacial score (nSPS) is 21.8. The third kappa shape index (κ3) is 3.95. The molecule has 0 aliphatic heterocycles. The first-order valence-electron chi connectivity index (χ1n) is 10.6. The largest absolute Gasteiger partial charge is 0.464 e. The molecule has 1 heterocycles. The quantitative estimate of drug-likeness (QED) is 0.644. The first-order chi connectivity index (χ1) is 12.3. The Morgan fingerprint density at radius 2 is 1.92 bits per heavy atom. The molecule has 1 saturated carbocycles. The Balaban J connectivity index is 1.42. The first-order valence-corrected chi connectivity index (χ1v) is 10.6. The second-order valence-corrected chi connectivity index (χ2v) is 8.30. The molecule has 25 heavy (non-hydrogen) atoms. The molecule has 0 amide bonds. The van der Waals surface area contributed by atoms with Crippen molar-refractivity contribution in [2.75, 3.05) is 13.1 Å². The Labute approximate surface area is 152 Å². The van der Waals surface area contributed by atoms with Crippen molar-refractivity contribution >= 4 is 11.0 Å². The van der Waals surface area contributed by atoms with Crippen LogP contribution in [0.25, 0.3) is 11.0 Å². The lowest BCUT2D eigenvalue weighted by molar-refractivity contribution is 0.160. The van der Waals surface area contributed by atoms with Gasteiger partial charge >= 0.3 is 0 Å². The molecule has 1 fully saturated rings. The maximum atomic E-state index is 5.64. The highest BCUT2D eigenvalue weighted by Crippen LogP contribution is 2.31. The smallest absolute Gasteiger partial charge is 0.134 e. The van der Waals surface area contributed by atoms with Crippen LogP contribution in [0.3, 0.4) is 0 Å². The summed E-state index contributed by atoms with van der Waals surface area (Å²) in [6, 6.07) is 7.48. The Morgan fingerprint density at radius 3 is 2.76 bits per heavy atom. The van der Waals surface area contributed by atoms with E-state index in [1.807, 2.05) is 6.26 Å². The number of hydrogen-bond donors (Lipinski definition) is 0. The molecule has 1 aromatic carbocycles. The van der Waals surface area contributed by atoms with E-state index in [4.69, 9.17) is 4.42 Å². The van der Waals surface area contributed by atoms with Crippen LogP contribution in [0.2, 0.25) is 0 Å². The summed E-state index contributed by atoms with van der Waals surface area (Å²) >= 11 is 0. The summed E-state index contributed by atoms with van der Waals surface area (Å²) in [7, 11) is 0. The highest BCUT2D eigenvalue weighted by Gasteiger charge is 2.25. The molecule has 0 spiro atoms. The molecule has 0 bridgehead atoms. The number of nitrogens with zero attached hydrogens (tertiary/aromatic N) is 1. The van der Waals surface area contributed by atoms with Gasteiger partial charge in [-0.05, 0) is 80.4 Å². The summed E-state index contributed by atoms with van der Waals surface area (Å²) in [5.74, 6) is 0.992. The van der Waals surface area contributed by atoms with E-state index in [-0.39, 0.29) is 0 Å². The summed E-state index contributed by atoms with van der Waals surface area (Å²) in [5, 5.41) is 1.26. The SMILES string of the molecule is CCCN(CCC1CCCCC1)[C@H]1CCc2cc3ccoc3cc2C1. The van der Waals surface area contributed by atoms with Crippen LogP contribution in [0.1, 0.15) is 69.4 Å². The maximum Gasteiger partial charge on any atom is 0.134 e. The van der Waals surface area contributed by atoms with Crippen molar-refractivity contribution in [3.63, 3.8) is 0 Å². The van der Waals surface area contributed by atoms with Gasteiger partial charge in [0.1, 0.15) is 5.58 Å². The standard InChI is InChI=1S/C23H33NO/c1-2-12-24(13-10-18-6-4-3-5-7-18)22-9-8-19-15-20-11-14-25-23(20)17-21(19)16-22/h11,14-15,17-18,22H,2-10,12-13,16H2,1H3/t22-/m0/s1. The van der Waals surface area contributed by atoms with E-state index < -0.39 is 0 Å². The highest BCUT2D eigenvalue weighted by molar-refractivity contribution is 5.79. The van der Waals surface area contributed by atoms with Gasteiger partial charge in [0.2, 0.25) is 0 Å². The van der Waals surface area contributed by atoms with Crippen LogP contribution in [-0.4, -0.2) is 24.0 Å². The third-order valence-electron chi connectivity index (χ3n) is 6.55. The molecule has 0 radical (unpaired) electrons. The van der Waals surface area contributed by atoms with Crippen molar-refractivity contribution in [3.05, 3.63) is 35.6 Å². The van der Waals surface area contributed by atoms with Crippen LogP contribution < -0.4 is 0 Å². The van der Waals surface area contributed by atoms with Crippen molar-refractivity contribution in [1.82, 2.24) is 4.90 Å². The van der Waals surface area contributed by atoms with Crippen molar-refractivity contribution in [1.29, 1.82) is 0 Å². The molecule has 4 rings (SSSR count). The van der Waals surface area contributed by atoms with E-state index in [0.29, 0.717) is 0 Å². The Hall–Kier alpha value is -1.28. The predicted molar refractivity (Wildman–Crippen MR) is 105 cm³/mol. The zero-order chi connectivity index (χ0) is 17.1. The first kappa shape index (κ1) is 17.1. The zero-order valence-corrected chi connectivity index (χ0v) is 15.8. The van der Waals surface area contributed by atoms with Gasteiger partial charge in [-0.15, -0.1) is 0 Å². The number of furan rings is 1. The average molecular weight is 340 g/mol. The van der Waals surface area contributed by atoms with Gasteiger partial charge in [0.05, 0.1) is 6.26 Å². The van der Waals surface area contributed by atoms with E-state index in [1.165, 1.54) is 88.2 Å². The van der Waals surface area contributed by atoms with E-state index in [2.05, 4.69) is 30.0 Å². The molecule has 0 unspecified atom stereocenters. The molecule has 0 N–H and O–H groups in total. The molecular formula is C23H33NO. The fraction of sp³-hybridized carbons (Fsp3) is 0.652. The van der Waals surface area contributed by atoms with Gasteiger partial charge in [-0.25, -0.2) is 0 Å². The molecule has 136 valence electrons. The Morgan fingerprint density at radius 1 is 1.04 bits per heavy atom. The van der Waals surface area contributed by atoms with Crippen LogP contribution in [0.5, 0.6) is 0 Å². The Bertz CT molecular complexity index is 682. The minimum Gasteiger partial charge on any atom is -0.464 e. The number of hydrogen-bond acceptors (Lipinski definition) is 2. The number of aryl methyl sites for hydroxylation is 1. The average Bonchev–Trinajstić information content (AvgIpc) is 3.11. The van der Waals surface area contributed by atoms with Gasteiger partial charge in [-0.2, -0.15) is 0 Å². The van der Waals surface area contributed by atoms with Crippen LogP contribution >= 0.6 is 0 Å². The van der Waals surface area contributed by atoms with Gasteiger partial charge in [-0.3, -0.25) is 0 Å². The Kier molecular flexibility index (Phi) is 5.45. The lowest BCUT2D eigenvalue weighted by atomic mass is 9.85. The number of benzene rings is 1. The van der Waals surface area contributed by atoms with Crippen LogP contribution in [-0.2, 0) is 12.8 Å². The molecule has 2 nitrogen and oxygen atoms in total. The van der Waals surface area contributed by atoms with Crippen LogP contribution in [0.4, 0.5) is 0 Å². The maximum absolute atomic E-state index is 5.64. The molecule has 2 aliphatic carbocycles. The summed E-state index contributed by atoms with van der Waals surface area (Å²) in [5.41, 5.74) is 4.13. The van der Waals surface area contributed by atoms with E-state index in [1.54, 1.807) is 5.56 Å². The minimum absolute atomic E-state index is 0.725. The third-order valence-corrected chi connectivity index (χ3v) is 6.55. The van der Waals surface area contributed by atoms with Gasteiger partial charge < -0.3 is 9.32 Å². The van der Waals surface area contributed by atoms with Gasteiger partial charge in [-0.1, -0.05) is 39.0 Å². The fourth-order valence-corrected chi connectivity index (χ4v) is 5.10. The minimum atomic E-state index is 0.725. The van der Waals surface area contributed by atoms with Crippen molar-refractivity contribution in [2.45, 2.75) is 77.2 Å². The second kappa shape index (κ2) is 7.95. The van der Waals surface area contributed by atoms with Gasteiger partial charge in [0, 0.05) is 11.4 Å². The predicted octanol–water partition coefficient (Wildman–Crippen LogP) is 5.97. The monoisotopic (exact) mass is 339 g/mol. The number of fused-ring (bicyclic) bond motifs is 2. The van der Waals surface area contributed by atoms with Crippen molar-refractivity contribution in [3.8, 4) is 0 Å². The van der Waals surface area contributed by atoms with Gasteiger partial charge in [0.25, 0.3) is 0 Å². The summed E-state index contributed by atoms with van der Waals surface area (Å²) in [6.45, 7) is 4.90. The topological polar surface area (TPSA) is 16.4 Å². The molecular weight excluding hydrogens is 306 g/mol. The van der Waals surface area contributed by atoms with E-state index >= 15 is 0 Å². The lowest BCUT2D eigenvalue weighted by Crippen LogP contribution is -2.41. The van der Waals surface area contributed by atoms with Crippen LogP contribution in [0, 0.1) is 5.92 Å². The summed E-state index contributed by atoms with van der Waals surface area (Å²) < 4.78 is 5.64. The lowest BCUT2D eigenvalue weighted by Gasteiger charge is -2.36. The van der Waals surface area contributed by atoms with Crippen molar-refractivity contribution < 1.29 is 4.42 Å². The van der Waals surface area contributed by atoms with Crippen LogP contribution in [0.15, 0.2) is 28.9 Å². The second-order valence-electron chi connectivity index (χ2n) is 8.30. The molecule has 1 atom stereocenters. The van der Waals surface area contributed by atoms with E-state index in [0.717, 1.165) is 17.5 Å². The molecule has 2 aliphatic rings. The number of rotatable bonds is 6. The highest BCUT2D eigenvalue weighted by atomic mass is 16.3. The molecule has 2 heteroatoms. The zero-order valence-electron chi connectivity index (χ0n) is 15.8. The summed E-state index contributed by atoms with van der Waals surface area (Å²) in [6.07, 6.45) is 15.6. The van der Waals surface area contributed by atoms with E-state index in [9.17, 15) is 0 Å². The molecule has 0 saturated heterocycles. The van der Waals surface area contributed by atoms with Gasteiger partial charge in [0.15, 0.2) is 0 Å². The molecule has 1 aromatic heterocycles. The summed E-state index contributed by atoms with van der Waals surface area (Å²) in [4.78, 5) is 2.81. The fourth-order valence-electron chi connectivity index (χ4n) is 5.10.